The predicted molar refractivity (Wildman–Crippen MR) is 132 cm³/mol. The molecule has 0 aliphatic carbocycles. The highest BCUT2D eigenvalue weighted by Crippen LogP contribution is 2.28. The number of sulfonamides is 1. The maximum absolute atomic E-state index is 13.0. The normalized spacial score (nSPS) is 14.1. The fraction of sp³-hybridized carbons (Fsp3) is 0.417. The number of benzene rings is 2. The molecule has 0 N–H and O–H groups in total. The lowest BCUT2D eigenvalue weighted by Gasteiger charge is -2.28. The van der Waals surface area contributed by atoms with Crippen LogP contribution in [0.2, 0.25) is 0 Å². The number of hydrogen-bond acceptors (Lipinski definition) is 5. The summed E-state index contributed by atoms with van der Waals surface area (Å²) in [4.78, 5) is 19.8. The van der Waals surface area contributed by atoms with Crippen LogP contribution in [0.25, 0.3) is 11.0 Å². The molecule has 0 fully saturated rings. The molecule has 1 aromatic heterocycles. The standard InChI is InChI=1S/C24H30N4O3S2/c1-4-5-13-28-22-11-10-20(33(30,31)26(2)3)15-21(22)25-24(28)32-17-23(29)27-14-12-18-8-6-7-9-19(18)16-27/h6-11,15H,4-5,12-14,16-17H2,1-3H3. The van der Waals surface area contributed by atoms with Gasteiger partial charge < -0.3 is 9.47 Å². The Morgan fingerprint density at radius 1 is 1.15 bits per heavy atom. The zero-order valence-electron chi connectivity index (χ0n) is 19.3. The summed E-state index contributed by atoms with van der Waals surface area (Å²) < 4.78 is 28.4. The van der Waals surface area contributed by atoms with Gasteiger partial charge in [-0.25, -0.2) is 17.7 Å². The third-order valence-electron chi connectivity index (χ3n) is 6.01. The van der Waals surface area contributed by atoms with E-state index in [1.54, 1.807) is 12.1 Å². The van der Waals surface area contributed by atoms with Gasteiger partial charge in [0, 0.05) is 33.7 Å². The molecule has 1 amide bonds. The molecule has 0 saturated heterocycles. The van der Waals surface area contributed by atoms with Crippen LogP contribution in [0, 0.1) is 0 Å². The minimum absolute atomic E-state index is 0.0967. The summed E-state index contributed by atoms with van der Waals surface area (Å²) in [5, 5.41) is 0.753. The van der Waals surface area contributed by atoms with Gasteiger partial charge in [-0.2, -0.15) is 0 Å². The van der Waals surface area contributed by atoms with Crippen molar-refractivity contribution in [3.63, 3.8) is 0 Å². The Labute approximate surface area is 199 Å². The van der Waals surface area contributed by atoms with Crippen molar-refractivity contribution >= 4 is 38.7 Å². The van der Waals surface area contributed by atoms with Crippen molar-refractivity contribution in [3.05, 3.63) is 53.6 Å². The van der Waals surface area contributed by atoms with Crippen molar-refractivity contribution in [3.8, 4) is 0 Å². The van der Waals surface area contributed by atoms with Gasteiger partial charge in [0.2, 0.25) is 15.9 Å². The van der Waals surface area contributed by atoms with Crippen molar-refractivity contribution in [1.82, 2.24) is 18.8 Å². The number of fused-ring (bicyclic) bond motifs is 2. The lowest BCUT2D eigenvalue weighted by atomic mass is 10.00. The van der Waals surface area contributed by atoms with Gasteiger partial charge in [-0.3, -0.25) is 4.79 Å². The molecule has 3 aromatic rings. The van der Waals surface area contributed by atoms with Crippen LogP contribution >= 0.6 is 11.8 Å². The zero-order valence-corrected chi connectivity index (χ0v) is 21.0. The highest BCUT2D eigenvalue weighted by atomic mass is 32.2. The SMILES string of the molecule is CCCCn1c(SCC(=O)N2CCc3ccccc3C2)nc2cc(S(=O)(=O)N(C)C)ccc21. The molecule has 0 saturated carbocycles. The number of aromatic nitrogens is 2. The largest absolute Gasteiger partial charge is 0.337 e. The number of thioether (sulfide) groups is 1. The first kappa shape index (κ1) is 23.8. The van der Waals surface area contributed by atoms with Crippen molar-refractivity contribution in [2.24, 2.45) is 0 Å². The summed E-state index contributed by atoms with van der Waals surface area (Å²) in [5.41, 5.74) is 4.06. The molecule has 2 aromatic carbocycles. The number of imidazole rings is 1. The number of aryl methyl sites for hydroxylation is 1. The molecule has 0 spiro atoms. The first-order chi connectivity index (χ1) is 15.8. The van der Waals surface area contributed by atoms with Crippen molar-refractivity contribution in [2.45, 2.75) is 49.3 Å². The Balaban J connectivity index is 1.55. The van der Waals surface area contributed by atoms with Gasteiger partial charge in [-0.05, 0) is 42.2 Å². The van der Waals surface area contributed by atoms with E-state index in [1.165, 1.54) is 41.3 Å². The number of rotatable bonds is 8. The maximum Gasteiger partial charge on any atom is 0.242 e. The molecule has 1 aliphatic heterocycles. The van der Waals surface area contributed by atoms with Gasteiger partial charge in [0.05, 0.1) is 21.7 Å². The number of unbranched alkanes of at least 4 members (excludes halogenated alkanes) is 1. The van der Waals surface area contributed by atoms with Crippen LogP contribution in [0.1, 0.15) is 30.9 Å². The highest BCUT2D eigenvalue weighted by molar-refractivity contribution is 7.99. The van der Waals surface area contributed by atoms with Crippen LogP contribution in [0.3, 0.4) is 0 Å². The second-order valence-electron chi connectivity index (χ2n) is 8.46. The van der Waals surface area contributed by atoms with E-state index in [1.807, 2.05) is 23.1 Å². The smallest absolute Gasteiger partial charge is 0.242 e. The molecule has 0 atom stereocenters. The number of amides is 1. The van der Waals surface area contributed by atoms with E-state index in [4.69, 9.17) is 4.98 Å². The van der Waals surface area contributed by atoms with E-state index >= 15 is 0 Å². The Morgan fingerprint density at radius 2 is 1.91 bits per heavy atom. The third-order valence-corrected chi connectivity index (χ3v) is 8.78. The second-order valence-corrected chi connectivity index (χ2v) is 11.6. The van der Waals surface area contributed by atoms with Gasteiger partial charge in [-0.1, -0.05) is 49.4 Å². The van der Waals surface area contributed by atoms with Crippen molar-refractivity contribution in [1.29, 1.82) is 0 Å². The summed E-state index contributed by atoms with van der Waals surface area (Å²) in [5.74, 6) is 0.403. The van der Waals surface area contributed by atoms with Crippen LogP contribution in [-0.2, 0) is 34.3 Å². The number of carbonyl (C=O) groups excluding carboxylic acids is 1. The number of nitrogens with zero attached hydrogens (tertiary/aromatic N) is 4. The number of hydrogen-bond donors (Lipinski definition) is 0. The zero-order chi connectivity index (χ0) is 23.6. The third kappa shape index (κ3) is 4.95. The van der Waals surface area contributed by atoms with Gasteiger partial charge in [-0.15, -0.1) is 0 Å². The van der Waals surface area contributed by atoms with Gasteiger partial charge >= 0.3 is 0 Å². The lowest BCUT2D eigenvalue weighted by Crippen LogP contribution is -2.37. The Hall–Kier alpha value is -2.36. The fourth-order valence-electron chi connectivity index (χ4n) is 4.03. The molecular weight excluding hydrogens is 456 g/mol. The predicted octanol–water partition coefficient (Wildman–Crippen LogP) is 3.76. The Morgan fingerprint density at radius 3 is 2.64 bits per heavy atom. The Bertz CT molecular complexity index is 1270. The van der Waals surface area contributed by atoms with Gasteiger partial charge in [0.1, 0.15) is 0 Å². The molecule has 7 nitrogen and oxygen atoms in total. The number of carbonyl (C=O) groups is 1. The molecule has 1 aliphatic rings. The van der Waals surface area contributed by atoms with Crippen LogP contribution in [0.5, 0.6) is 0 Å². The molecule has 0 unspecified atom stereocenters. The maximum atomic E-state index is 13.0. The molecule has 176 valence electrons. The summed E-state index contributed by atoms with van der Waals surface area (Å²) in [6.45, 7) is 4.29. The molecule has 9 heteroatoms. The first-order valence-electron chi connectivity index (χ1n) is 11.2. The van der Waals surface area contributed by atoms with Crippen LogP contribution < -0.4 is 0 Å². The van der Waals surface area contributed by atoms with Crippen molar-refractivity contribution < 1.29 is 13.2 Å². The first-order valence-corrected chi connectivity index (χ1v) is 13.6. The molecule has 0 bridgehead atoms. The van der Waals surface area contributed by atoms with E-state index in [9.17, 15) is 13.2 Å². The molecule has 4 rings (SSSR count). The summed E-state index contributed by atoms with van der Waals surface area (Å²) in [6, 6.07) is 13.4. The lowest BCUT2D eigenvalue weighted by molar-refractivity contribution is -0.129. The van der Waals surface area contributed by atoms with E-state index < -0.39 is 10.0 Å². The van der Waals surface area contributed by atoms with Gasteiger partial charge in [0.25, 0.3) is 0 Å². The van der Waals surface area contributed by atoms with Crippen LogP contribution in [0.4, 0.5) is 0 Å². The fourth-order valence-corrected chi connectivity index (χ4v) is 5.89. The molecule has 2 heterocycles. The monoisotopic (exact) mass is 486 g/mol. The topological polar surface area (TPSA) is 75.5 Å². The van der Waals surface area contributed by atoms with Crippen LogP contribution in [0.15, 0.2) is 52.5 Å². The minimum Gasteiger partial charge on any atom is -0.337 e. The van der Waals surface area contributed by atoms with E-state index in [0.717, 1.165) is 43.0 Å². The van der Waals surface area contributed by atoms with E-state index in [0.29, 0.717) is 17.8 Å². The average molecular weight is 487 g/mol. The summed E-state index contributed by atoms with van der Waals surface area (Å²) in [6.07, 6.45) is 2.89. The molecular formula is C24H30N4O3S2. The van der Waals surface area contributed by atoms with Gasteiger partial charge in [0.15, 0.2) is 5.16 Å². The Kier molecular flexibility index (Phi) is 7.11. The van der Waals surface area contributed by atoms with E-state index in [-0.39, 0.29) is 10.8 Å². The quantitative estimate of drug-likeness (QED) is 0.453. The molecule has 0 radical (unpaired) electrons. The minimum atomic E-state index is -3.54. The highest BCUT2D eigenvalue weighted by Gasteiger charge is 2.23. The summed E-state index contributed by atoms with van der Waals surface area (Å²) in [7, 11) is -0.499. The summed E-state index contributed by atoms with van der Waals surface area (Å²) >= 11 is 1.43. The average Bonchev–Trinajstić information content (AvgIpc) is 3.17. The molecule has 33 heavy (non-hydrogen) atoms. The van der Waals surface area contributed by atoms with E-state index in [2.05, 4.69) is 23.6 Å². The van der Waals surface area contributed by atoms with Crippen molar-refractivity contribution in [2.75, 3.05) is 26.4 Å². The second kappa shape index (κ2) is 9.87. The van der Waals surface area contributed by atoms with Crippen LogP contribution in [-0.4, -0.2) is 59.5 Å².